The molecule has 0 saturated carbocycles. The van der Waals surface area contributed by atoms with Gasteiger partial charge in [0.1, 0.15) is 5.75 Å². The molecule has 1 heterocycles. The van der Waals surface area contributed by atoms with Crippen molar-refractivity contribution in [2.75, 3.05) is 26.7 Å². The Morgan fingerprint density at radius 2 is 2.08 bits per heavy atom. The normalized spacial score (nSPS) is 16.6. The predicted molar refractivity (Wildman–Crippen MR) is 92.7 cm³/mol. The maximum atomic E-state index is 12.8. The highest BCUT2D eigenvalue weighted by Crippen LogP contribution is 2.27. The van der Waals surface area contributed by atoms with E-state index in [-0.39, 0.29) is 10.5 Å². The molecule has 132 valence electrons. The average Bonchev–Trinajstić information content (AvgIpc) is 2.59. The van der Waals surface area contributed by atoms with Crippen LogP contribution in [0.15, 0.2) is 35.7 Å². The molecule has 7 heteroatoms. The van der Waals surface area contributed by atoms with E-state index in [1.165, 1.54) is 29.6 Å². The van der Waals surface area contributed by atoms with E-state index in [0.29, 0.717) is 31.3 Å². The van der Waals surface area contributed by atoms with Gasteiger partial charge in [0.2, 0.25) is 10.0 Å². The summed E-state index contributed by atoms with van der Waals surface area (Å²) in [4.78, 5) is 12.3. The summed E-state index contributed by atoms with van der Waals surface area (Å²) in [7, 11) is -2.17. The molecule has 0 unspecified atom stereocenters. The van der Waals surface area contributed by atoms with E-state index in [2.05, 4.69) is 18.8 Å². The van der Waals surface area contributed by atoms with Gasteiger partial charge in [-0.2, -0.15) is 4.31 Å². The van der Waals surface area contributed by atoms with Crippen molar-refractivity contribution in [3.63, 3.8) is 0 Å². The smallest absolute Gasteiger partial charge is 0.255 e. The maximum Gasteiger partial charge on any atom is 0.255 e. The number of piperidine rings is 1. The first-order chi connectivity index (χ1) is 11.4. The van der Waals surface area contributed by atoms with Crippen molar-refractivity contribution in [3.8, 4) is 5.75 Å². The van der Waals surface area contributed by atoms with Gasteiger partial charge in [0.25, 0.3) is 5.91 Å². The Morgan fingerprint density at radius 1 is 1.42 bits per heavy atom. The predicted octanol–water partition coefficient (Wildman–Crippen LogP) is 2.03. The van der Waals surface area contributed by atoms with Crippen LogP contribution in [-0.4, -0.2) is 45.4 Å². The third kappa shape index (κ3) is 3.96. The van der Waals surface area contributed by atoms with Crippen molar-refractivity contribution in [1.29, 1.82) is 0 Å². The van der Waals surface area contributed by atoms with Crippen LogP contribution in [0.1, 0.15) is 30.1 Å². The zero-order valence-corrected chi connectivity index (χ0v) is 14.9. The number of sulfonamides is 1. The van der Waals surface area contributed by atoms with Crippen LogP contribution in [0.4, 0.5) is 0 Å². The second-order valence-electron chi connectivity index (χ2n) is 5.95. The number of rotatable bonds is 6. The molecule has 1 fully saturated rings. The van der Waals surface area contributed by atoms with Gasteiger partial charge in [-0.15, -0.1) is 6.58 Å². The zero-order valence-electron chi connectivity index (χ0n) is 14.1. The lowest BCUT2D eigenvalue weighted by Gasteiger charge is -2.29. The summed E-state index contributed by atoms with van der Waals surface area (Å²) in [6.45, 7) is 6.98. The van der Waals surface area contributed by atoms with Crippen molar-refractivity contribution in [2.24, 2.45) is 5.92 Å². The summed E-state index contributed by atoms with van der Waals surface area (Å²) in [5, 5.41) is 2.64. The van der Waals surface area contributed by atoms with Gasteiger partial charge in [0, 0.05) is 19.6 Å². The van der Waals surface area contributed by atoms with Gasteiger partial charge < -0.3 is 10.1 Å². The fourth-order valence-corrected chi connectivity index (χ4v) is 4.16. The number of hydrogen-bond donors (Lipinski definition) is 1. The van der Waals surface area contributed by atoms with Crippen molar-refractivity contribution in [3.05, 3.63) is 36.4 Å². The number of ether oxygens (including phenoxy) is 1. The van der Waals surface area contributed by atoms with Crippen LogP contribution in [0.25, 0.3) is 0 Å². The molecule has 1 N–H and O–H groups in total. The van der Waals surface area contributed by atoms with Crippen LogP contribution in [-0.2, 0) is 10.0 Å². The molecular formula is C17H24N2O4S. The van der Waals surface area contributed by atoms with Crippen LogP contribution in [0.5, 0.6) is 5.75 Å². The molecule has 6 nitrogen and oxygen atoms in total. The summed E-state index contributed by atoms with van der Waals surface area (Å²) in [5.74, 6) is 0.478. The molecule has 0 spiro atoms. The standard InChI is InChI=1S/C17H24N2O4S/c1-4-9-18-17(20)15-12-14(5-6-16(15)23-3)24(21,22)19-10-7-13(2)8-11-19/h4-6,12-13H,1,7-11H2,2-3H3,(H,18,20). The van der Waals surface area contributed by atoms with Crippen LogP contribution >= 0.6 is 0 Å². The van der Waals surface area contributed by atoms with E-state index < -0.39 is 15.9 Å². The molecule has 1 aromatic rings. The van der Waals surface area contributed by atoms with Gasteiger partial charge in [0.15, 0.2) is 0 Å². The van der Waals surface area contributed by atoms with Crippen LogP contribution in [0.3, 0.4) is 0 Å². The lowest BCUT2D eigenvalue weighted by Crippen LogP contribution is -2.38. The third-order valence-corrected chi connectivity index (χ3v) is 6.10. The van der Waals surface area contributed by atoms with Crippen molar-refractivity contribution >= 4 is 15.9 Å². The SMILES string of the molecule is C=CCNC(=O)c1cc(S(=O)(=O)N2CCC(C)CC2)ccc1OC. The second kappa shape index (κ2) is 7.81. The Labute approximate surface area is 143 Å². The summed E-state index contributed by atoms with van der Waals surface area (Å²) >= 11 is 0. The topological polar surface area (TPSA) is 75.7 Å². The molecule has 0 radical (unpaired) electrons. The van der Waals surface area contributed by atoms with E-state index in [9.17, 15) is 13.2 Å². The first-order valence-electron chi connectivity index (χ1n) is 7.97. The van der Waals surface area contributed by atoms with E-state index in [4.69, 9.17) is 4.74 Å². The highest BCUT2D eigenvalue weighted by molar-refractivity contribution is 7.89. The minimum atomic E-state index is -3.61. The van der Waals surface area contributed by atoms with Crippen LogP contribution < -0.4 is 10.1 Å². The minimum absolute atomic E-state index is 0.113. The largest absolute Gasteiger partial charge is 0.496 e. The fraction of sp³-hybridized carbons (Fsp3) is 0.471. The lowest BCUT2D eigenvalue weighted by atomic mass is 10.0. The van der Waals surface area contributed by atoms with Gasteiger partial charge in [-0.25, -0.2) is 8.42 Å². The van der Waals surface area contributed by atoms with Crippen LogP contribution in [0.2, 0.25) is 0 Å². The molecule has 1 aliphatic heterocycles. The van der Waals surface area contributed by atoms with Gasteiger partial charge in [-0.05, 0) is 37.0 Å². The van der Waals surface area contributed by atoms with Crippen molar-refractivity contribution in [2.45, 2.75) is 24.7 Å². The molecule has 1 amide bonds. The number of benzene rings is 1. The second-order valence-corrected chi connectivity index (χ2v) is 7.89. The summed E-state index contributed by atoms with van der Waals surface area (Å²) in [6, 6.07) is 4.38. The van der Waals surface area contributed by atoms with E-state index in [1.807, 2.05) is 0 Å². The number of carbonyl (C=O) groups excluding carboxylic acids is 1. The Balaban J connectivity index is 2.33. The Morgan fingerprint density at radius 3 is 2.67 bits per heavy atom. The summed E-state index contributed by atoms with van der Waals surface area (Å²) in [5.41, 5.74) is 0.200. The Bertz CT molecular complexity index is 707. The van der Waals surface area contributed by atoms with Gasteiger partial charge in [0.05, 0.1) is 17.6 Å². The highest BCUT2D eigenvalue weighted by atomic mass is 32.2. The number of hydrogen-bond acceptors (Lipinski definition) is 4. The Kier molecular flexibility index (Phi) is 6.01. The molecule has 1 aliphatic rings. The summed E-state index contributed by atoms with van der Waals surface area (Å²) < 4.78 is 32.3. The molecule has 0 aromatic heterocycles. The minimum Gasteiger partial charge on any atom is -0.496 e. The molecule has 24 heavy (non-hydrogen) atoms. The van der Waals surface area contributed by atoms with Crippen LogP contribution in [0, 0.1) is 5.92 Å². The average molecular weight is 352 g/mol. The lowest BCUT2D eigenvalue weighted by molar-refractivity contribution is 0.0954. The number of amides is 1. The van der Waals surface area contributed by atoms with E-state index in [0.717, 1.165) is 12.8 Å². The van der Waals surface area contributed by atoms with E-state index >= 15 is 0 Å². The number of carbonyl (C=O) groups is 1. The van der Waals surface area contributed by atoms with Crippen molar-refractivity contribution in [1.82, 2.24) is 9.62 Å². The molecule has 2 rings (SSSR count). The van der Waals surface area contributed by atoms with Crippen molar-refractivity contribution < 1.29 is 17.9 Å². The van der Waals surface area contributed by atoms with Gasteiger partial charge in [-0.3, -0.25) is 4.79 Å². The highest BCUT2D eigenvalue weighted by Gasteiger charge is 2.29. The molecule has 0 bridgehead atoms. The third-order valence-electron chi connectivity index (χ3n) is 4.20. The first-order valence-corrected chi connectivity index (χ1v) is 9.41. The van der Waals surface area contributed by atoms with Gasteiger partial charge >= 0.3 is 0 Å². The quantitative estimate of drug-likeness (QED) is 0.795. The zero-order chi connectivity index (χ0) is 17.7. The fourth-order valence-electron chi connectivity index (χ4n) is 2.66. The molecule has 0 aliphatic carbocycles. The Hall–Kier alpha value is -1.86. The monoisotopic (exact) mass is 352 g/mol. The number of methoxy groups -OCH3 is 1. The number of nitrogens with one attached hydrogen (secondary N) is 1. The van der Waals surface area contributed by atoms with E-state index in [1.54, 1.807) is 6.08 Å². The van der Waals surface area contributed by atoms with Gasteiger partial charge in [-0.1, -0.05) is 13.0 Å². The molecule has 1 aromatic carbocycles. The molecular weight excluding hydrogens is 328 g/mol. The maximum absolute atomic E-state index is 12.8. The summed E-state index contributed by atoms with van der Waals surface area (Å²) in [6.07, 6.45) is 3.25. The number of nitrogens with zero attached hydrogens (tertiary/aromatic N) is 1. The molecule has 0 atom stereocenters. The first kappa shape index (κ1) is 18.5. The molecule has 1 saturated heterocycles.